The molecule has 4 rings (SSSR count). The van der Waals surface area contributed by atoms with Gasteiger partial charge < -0.3 is 9.80 Å². The molecule has 0 N–H and O–H groups in total. The number of anilines is 1. The Morgan fingerprint density at radius 3 is 2.38 bits per heavy atom. The Bertz CT molecular complexity index is 1040. The number of carbonyl (C=O) groups is 1. The highest BCUT2D eigenvalue weighted by atomic mass is 35.5. The minimum atomic E-state index is -0.438. The first-order chi connectivity index (χ1) is 13.9. The SMILES string of the molecule is Cc1cc(C)n(-c2ccc(C(=O)N3CCN(c4ccc(F)c(Cl)c4)CC3)nn2)n1. The minimum Gasteiger partial charge on any atom is -0.368 e. The Morgan fingerprint density at radius 2 is 1.79 bits per heavy atom. The van der Waals surface area contributed by atoms with Crippen LogP contribution in [0.25, 0.3) is 5.82 Å². The largest absolute Gasteiger partial charge is 0.368 e. The first-order valence-electron chi connectivity index (χ1n) is 9.29. The number of aryl methyl sites for hydroxylation is 2. The highest BCUT2D eigenvalue weighted by Gasteiger charge is 2.24. The van der Waals surface area contributed by atoms with Crippen LogP contribution in [0.2, 0.25) is 5.02 Å². The molecule has 0 radical (unpaired) electrons. The number of nitrogens with zero attached hydrogens (tertiary/aromatic N) is 6. The topological polar surface area (TPSA) is 67.2 Å². The zero-order valence-electron chi connectivity index (χ0n) is 16.1. The Kier molecular flexibility index (Phi) is 5.19. The standard InChI is InChI=1S/C20H20ClFN6O/c1-13-11-14(2)28(25-13)19-6-5-18(23-24-19)20(29)27-9-7-26(8-10-27)15-3-4-17(22)16(21)12-15/h3-6,11-12H,7-10H2,1-2H3. The van der Waals surface area contributed by atoms with Crippen LogP contribution in [-0.4, -0.2) is 57.0 Å². The Morgan fingerprint density at radius 1 is 1.03 bits per heavy atom. The van der Waals surface area contributed by atoms with Gasteiger partial charge in [-0.3, -0.25) is 4.79 Å². The number of carbonyl (C=O) groups excluding carboxylic acids is 1. The third kappa shape index (κ3) is 3.93. The van der Waals surface area contributed by atoms with Gasteiger partial charge in [0.2, 0.25) is 0 Å². The van der Waals surface area contributed by atoms with Crippen LogP contribution in [0.5, 0.6) is 0 Å². The van der Waals surface area contributed by atoms with E-state index >= 15 is 0 Å². The molecule has 1 aliphatic heterocycles. The van der Waals surface area contributed by atoms with Crippen molar-refractivity contribution in [2.24, 2.45) is 0 Å². The van der Waals surface area contributed by atoms with E-state index in [1.54, 1.807) is 33.8 Å². The quantitative estimate of drug-likeness (QED) is 0.659. The van der Waals surface area contributed by atoms with Crippen LogP contribution in [0.1, 0.15) is 21.9 Å². The fourth-order valence-electron chi connectivity index (χ4n) is 3.42. The normalized spacial score (nSPS) is 14.3. The van der Waals surface area contributed by atoms with Gasteiger partial charge in [0.15, 0.2) is 11.5 Å². The fourth-order valence-corrected chi connectivity index (χ4v) is 3.60. The lowest BCUT2D eigenvalue weighted by Gasteiger charge is -2.36. The molecule has 0 aliphatic carbocycles. The maximum absolute atomic E-state index is 13.4. The summed E-state index contributed by atoms with van der Waals surface area (Å²) in [5.74, 6) is -0.0221. The predicted octanol–water partition coefficient (Wildman–Crippen LogP) is 3.03. The zero-order valence-corrected chi connectivity index (χ0v) is 16.9. The number of benzene rings is 1. The number of aromatic nitrogens is 4. The summed E-state index contributed by atoms with van der Waals surface area (Å²) in [7, 11) is 0. The van der Waals surface area contributed by atoms with E-state index in [-0.39, 0.29) is 10.9 Å². The van der Waals surface area contributed by atoms with Gasteiger partial charge >= 0.3 is 0 Å². The van der Waals surface area contributed by atoms with Crippen molar-refractivity contribution in [3.8, 4) is 5.82 Å². The summed E-state index contributed by atoms with van der Waals surface area (Å²) < 4.78 is 15.1. The number of amides is 1. The number of hydrogen-bond acceptors (Lipinski definition) is 5. The number of halogens is 2. The first-order valence-corrected chi connectivity index (χ1v) is 9.67. The van der Waals surface area contributed by atoms with Crippen molar-refractivity contribution >= 4 is 23.2 Å². The molecular formula is C20H20ClFN6O. The van der Waals surface area contributed by atoms with Gasteiger partial charge in [-0.1, -0.05) is 11.6 Å². The molecule has 1 aliphatic rings. The summed E-state index contributed by atoms with van der Waals surface area (Å²) in [5, 5.41) is 12.7. The predicted molar refractivity (Wildman–Crippen MR) is 108 cm³/mol. The lowest BCUT2D eigenvalue weighted by molar-refractivity contribution is 0.0739. The highest BCUT2D eigenvalue weighted by molar-refractivity contribution is 6.31. The van der Waals surface area contributed by atoms with E-state index in [9.17, 15) is 9.18 Å². The monoisotopic (exact) mass is 414 g/mol. The second-order valence-corrected chi connectivity index (χ2v) is 7.40. The number of hydrogen-bond donors (Lipinski definition) is 0. The second-order valence-electron chi connectivity index (χ2n) is 6.99. The summed E-state index contributed by atoms with van der Waals surface area (Å²) in [4.78, 5) is 16.6. The molecule has 1 fully saturated rings. The molecule has 29 heavy (non-hydrogen) atoms. The van der Waals surface area contributed by atoms with Crippen molar-refractivity contribution in [3.63, 3.8) is 0 Å². The summed E-state index contributed by atoms with van der Waals surface area (Å²) in [6.07, 6.45) is 0. The van der Waals surface area contributed by atoms with E-state index in [1.807, 2.05) is 19.9 Å². The Balaban J connectivity index is 1.41. The van der Waals surface area contributed by atoms with E-state index in [0.717, 1.165) is 17.1 Å². The molecular weight excluding hydrogens is 395 g/mol. The minimum absolute atomic E-state index is 0.0963. The lowest BCUT2D eigenvalue weighted by atomic mass is 10.2. The molecule has 3 heterocycles. The molecule has 9 heteroatoms. The van der Waals surface area contributed by atoms with Crippen molar-refractivity contribution in [2.45, 2.75) is 13.8 Å². The second kappa shape index (κ2) is 7.79. The van der Waals surface area contributed by atoms with Crippen molar-refractivity contribution in [1.29, 1.82) is 0 Å². The summed E-state index contributed by atoms with van der Waals surface area (Å²) in [6, 6.07) is 10.0. The number of piperazine rings is 1. The molecule has 1 saturated heterocycles. The average Bonchev–Trinajstić information content (AvgIpc) is 3.08. The third-order valence-corrected chi connectivity index (χ3v) is 5.22. The molecule has 7 nitrogen and oxygen atoms in total. The van der Waals surface area contributed by atoms with Crippen LogP contribution >= 0.6 is 11.6 Å². The molecule has 0 spiro atoms. The average molecular weight is 415 g/mol. The van der Waals surface area contributed by atoms with E-state index < -0.39 is 5.82 Å². The van der Waals surface area contributed by atoms with Gasteiger partial charge in [-0.25, -0.2) is 9.07 Å². The molecule has 2 aromatic heterocycles. The summed E-state index contributed by atoms with van der Waals surface area (Å²) >= 11 is 5.87. The van der Waals surface area contributed by atoms with Crippen LogP contribution < -0.4 is 4.90 Å². The smallest absolute Gasteiger partial charge is 0.274 e. The van der Waals surface area contributed by atoms with E-state index in [0.29, 0.717) is 37.7 Å². The molecule has 0 unspecified atom stereocenters. The first kappa shape index (κ1) is 19.3. The summed E-state index contributed by atoms with van der Waals surface area (Å²) in [5.41, 5.74) is 2.99. The van der Waals surface area contributed by atoms with Crippen molar-refractivity contribution < 1.29 is 9.18 Å². The van der Waals surface area contributed by atoms with Crippen LogP contribution in [0.4, 0.5) is 10.1 Å². The van der Waals surface area contributed by atoms with E-state index in [2.05, 4.69) is 20.2 Å². The Hall–Kier alpha value is -3.00. The van der Waals surface area contributed by atoms with Crippen molar-refractivity contribution in [2.75, 3.05) is 31.1 Å². The number of rotatable bonds is 3. The summed E-state index contributed by atoms with van der Waals surface area (Å²) in [6.45, 7) is 6.18. The lowest BCUT2D eigenvalue weighted by Crippen LogP contribution is -2.49. The molecule has 1 amide bonds. The van der Waals surface area contributed by atoms with Crippen LogP contribution in [0.3, 0.4) is 0 Å². The van der Waals surface area contributed by atoms with Crippen LogP contribution in [0, 0.1) is 19.7 Å². The third-order valence-electron chi connectivity index (χ3n) is 4.93. The molecule has 0 bridgehead atoms. The Labute approximate surface area is 172 Å². The van der Waals surface area contributed by atoms with Gasteiger partial charge in [-0.05, 0) is 50.2 Å². The van der Waals surface area contributed by atoms with E-state index in [1.165, 1.54) is 6.07 Å². The van der Waals surface area contributed by atoms with Gasteiger partial charge in [-0.15, -0.1) is 10.2 Å². The van der Waals surface area contributed by atoms with Crippen LogP contribution in [-0.2, 0) is 0 Å². The van der Waals surface area contributed by atoms with Gasteiger partial charge in [-0.2, -0.15) is 5.10 Å². The van der Waals surface area contributed by atoms with Gasteiger partial charge in [0, 0.05) is 37.6 Å². The molecule has 0 atom stereocenters. The van der Waals surface area contributed by atoms with Crippen LogP contribution in [0.15, 0.2) is 36.4 Å². The van der Waals surface area contributed by atoms with E-state index in [4.69, 9.17) is 11.6 Å². The maximum Gasteiger partial charge on any atom is 0.274 e. The highest BCUT2D eigenvalue weighted by Crippen LogP contribution is 2.24. The molecule has 150 valence electrons. The van der Waals surface area contributed by atoms with Gasteiger partial charge in [0.1, 0.15) is 5.82 Å². The molecule has 1 aromatic carbocycles. The zero-order chi connectivity index (χ0) is 20.5. The fraction of sp³-hybridized carbons (Fsp3) is 0.300. The van der Waals surface area contributed by atoms with Gasteiger partial charge in [0.05, 0.1) is 10.7 Å². The maximum atomic E-state index is 13.4. The van der Waals surface area contributed by atoms with Crippen molar-refractivity contribution in [3.05, 3.63) is 64.3 Å². The molecule has 3 aromatic rings. The molecule has 0 saturated carbocycles. The van der Waals surface area contributed by atoms with Crippen molar-refractivity contribution in [1.82, 2.24) is 24.9 Å². The van der Waals surface area contributed by atoms with Gasteiger partial charge in [0.25, 0.3) is 5.91 Å².